The molecule has 4 rings (SSSR count). The molecule has 1 aliphatic heterocycles. The zero-order chi connectivity index (χ0) is 15.9. The minimum Gasteiger partial charge on any atom is -0.370 e. The van der Waals surface area contributed by atoms with E-state index in [-0.39, 0.29) is 12.1 Å². The number of aromatic nitrogens is 2. The smallest absolute Gasteiger partial charge is 0.317 e. The second-order valence-corrected chi connectivity index (χ2v) is 7.23. The van der Waals surface area contributed by atoms with Crippen molar-refractivity contribution in [3.05, 3.63) is 18.0 Å². The van der Waals surface area contributed by atoms with Gasteiger partial charge < -0.3 is 15.0 Å². The Bertz CT molecular complexity index is 577. The maximum atomic E-state index is 12.5. The number of hydrogen-bond donors (Lipinski definition) is 1. The molecule has 1 atom stereocenters. The van der Waals surface area contributed by atoms with Crippen LogP contribution in [0.3, 0.4) is 0 Å². The molecule has 0 unspecified atom stereocenters. The Kier molecular flexibility index (Phi) is 3.79. The van der Waals surface area contributed by atoms with Crippen LogP contribution in [0.5, 0.6) is 0 Å². The van der Waals surface area contributed by atoms with E-state index < -0.39 is 0 Å². The molecule has 1 saturated heterocycles. The number of nitrogens with zero attached hydrogens (tertiary/aromatic N) is 3. The van der Waals surface area contributed by atoms with E-state index in [0.717, 1.165) is 24.6 Å². The van der Waals surface area contributed by atoms with Crippen molar-refractivity contribution >= 4 is 6.03 Å². The minimum atomic E-state index is -0.0619. The summed E-state index contributed by atoms with van der Waals surface area (Å²) in [5.74, 6) is 0.875. The van der Waals surface area contributed by atoms with Crippen molar-refractivity contribution in [3.8, 4) is 0 Å². The Morgan fingerprint density at radius 2 is 2.30 bits per heavy atom. The van der Waals surface area contributed by atoms with Gasteiger partial charge in [0.25, 0.3) is 0 Å². The maximum absolute atomic E-state index is 12.5. The molecule has 126 valence electrons. The maximum Gasteiger partial charge on any atom is 0.317 e. The molecule has 3 fully saturated rings. The summed E-state index contributed by atoms with van der Waals surface area (Å²) in [5.41, 5.74) is 1.50. The highest BCUT2D eigenvalue weighted by Gasteiger charge is 2.53. The van der Waals surface area contributed by atoms with Crippen LogP contribution in [0.2, 0.25) is 0 Å². The predicted molar refractivity (Wildman–Crippen MR) is 86.0 cm³/mol. The topological polar surface area (TPSA) is 59.4 Å². The molecule has 1 aromatic rings. The zero-order valence-electron chi connectivity index (χ0n) is 13.8. The van der Waals surface area contributed by atoms with Gasteiger partial charge in [0.15, 0.2) is 0 Å². The summed E-state index contributed by atoms with van der Waals surface area (Å²) < 4.78 is 7.73. The first-order valence-electron chi connectivity index (χ1n) is 8.87. The fourth-order valence-corrected chi connectivity index (χ4v) is 3.70. The Balaban J connectivity index is 1.32. The van der Waals surface area contributed by atoms with Crippen molar-refractivity contribution in [1.29, 1.82) is 0 Å². The molecule has 6 heteroatoms. The van der Waals surface area contributed by atoms with Crippen molar-refractivity contribution in [2.45, 2.75) is 45.3 Å². The molecule has 2 aliphatic carbocycles. The molecule has 6 nitrogen and oxygen atoms in total. The van der Waals surface area contributed by atoms with E-state index in [4.69, 9.17) is 4.74 Å². The highest BCUT2D eigenvalue weighted by Crippen LogP contribution is 2.60. The molecule has 3 aliphatic rings. The van der Waals surface area contributed by atoms with Crippen LogP contribution in [0.4, 0.5) is 4.79 Å². The third-order valence-electron chi connectivity index (χ3n) is 5.63. The van der Waals surface area contributed by atoms with E-state index >= 15 is 0 Å². The third-order valence-corrected chi connectivity index (χ3v) is 5.63. The van der Waals surface area contributed by atoms with E-state index in [1.807, 2.05) is 22.0 Å². The van der Waals surface area contributed by atoms with Gasteiger partial charge in [0.2, 0.25) is 0 Å². The summed E-state index contributed by atoms with van der Waals surface area (Å²) in [4.78, 5) is 14.4. The molecule has 0 spiro atoms. The Morgan fingerprint density at radius 1 is 1.48 bits per heavy atom. The Hall–Kier alpha value is -1.56. The van der Waals surface area contributed by atoms with E-state index in [9.17, 15) is 4.79 Å². The van der Waals surface area contributed by atoms with Gasteiger partial charge in [-0.05, 0) is 43.9 Å². The van der Waals surface area contributed by atoms with Gasteiger partial charge in [-0.1, -0.05) is 0 Å². The van der Waals surface area contributed by atoms with Gasteiger partial charge >= 0.3 is 6.03 Å². The summed E-state index contributed by atoms with van der Waals surface area (Å²) in [5, 5.41) is 7.48. The lowest BCUT2D eigenvalue weighted by Crippen LogP contribution is -2.48. The summed E-state index contributed by atoms with van der Waals surface area (Å²) in [6.45, 7) is 5.62. The molecule has 0 aromatic carbocycles. The number of amides is 2. The number of hydrogen-bond acceptors (Lipinski definition) is 3. The lowest BCUT2D eigenvalue weighted by atomic mass is 10.0. The van der Waals surface area contributed by atoms with Crippen LogP contribution < -0.4 is 5.32 Å². The van der Waals surface area contributed by atoms with Gasteiger partial charge in [-0.25, -0.2) is 4.79 Å². The molecular formula is C17H26N4O2. The third kappa shape index (κ3) is 3.09. The van der Waals surface area contributed by atoms with Crippen molar-refractivity contribution in [2.24, 2.45) is 11.3 Å². The van der Waals surface area contributed by atoms with Crippen LogP contribution in [0.25, 0.3) is 0 Å². The van der Waals surface area contributed by atoms with E-state index in [0.29, 0.717) is 25.1 Å². The van der Waals surface area contributed by atoms with Gasteiger partial charge in [-0.3, -0.25) is 4.68 Å². The second-order valence-electron chi connectivity index (χ2n) is 7.23. The lowest BCUT2D eigenvalue weighted by Gasteiger charge is -2.33. The fourth-order valence-electron chi connectivity index (χ4n) is 3.70. The van der Waals surface area contributed by atoms with Crippen LogP contribution in [-0.4, -0.2) is 47.0 Å². The van der Waals surface area contributed by atoms with Gasteiger partial charge in [0.1, 0.15) is 6.10 Å². The average Bonchev–Trinajstić information content (AvgIpc) is 3.50. The van der Waals surface area contributed by atoms with Crippen LogP contribution in [0, 0.1) is 11.3 Å². The van der Waals surface area contributed by atoms with Gasteiger partial charge in [0.05, 0.1) is 19.3 Å². The first-order chi connectivity index (χ1) is 11.2. The molecule has 1 aromatic heterocycles. The first-order valence-corrected chi connectivity index (χ1v) is 8.87. The van der Waals surface area contributed by atoms with Crippen LogP contribution in [0.15, 0.2) is 12.4 Å². The predicted octanol–water partition coefficient (Wildman–Crippen LogP) is 2.18. The minimum absolute atomic E-state index is 0.0619. The molecule has 2 saturated carbocycles. The van der Waals surface area contributed by atoms with Crippen molar-refractivity contribution in [1.82, 2.24) is 20.0 Å². The summed E-state index contributed by atoms with van der Waals surface area (Å²) in [7, 11) is 0. The molecule has 1 N–H and O–H groups in total. The molecule has 0 bridgehead atoms. The highest BCUT2D eigenvalue weighted by atomic mass is 16.5. The van der Waals surface area contributed by atoms with Gasteiger partial charge in [-0.2, -0.15) is 5.10 Å². The number of rotatable bonds is 5. The van der Waals surface area contributed by atoms with Crippen LogP contribution in [-0.2, 0) is 11.3 Å². The van der Waals surface area contributed by atoms with Crippen molar-refractivity contribution < 1.29 is 9.53 Å². The lowest BCUT2D eigenvalue weighted by molar-refractivity contribution is -0.0156. The average molecular weight is 318 g/mol. The quantitative estimate of drug-likeness (QED) is 0.905. The summed E-state index contributed by atoms with van der Waals surface area (Å²) in [6, 6.07) is 0.0631. The number of ether oxygens (including phenoxy) is 1. The van der Waals surface area contributed by atoms with Crippen molar-refractivity contribution in [3.63, 3.8) is 0 Å². The zero-order valence-corrected chi connectivity index (χ0v) is 13.8. The highest BCUT2D eigenvalue weighted by molar-refractivity contribution is 5.74. The molecule has 0 radical (unpaired) electrons. The number of carbonyl (C=O) groups is 1. The molecular weight excluding hydrogens is 292 g/mol. The standard InChI is InChI=1S/C17H26N4O2/c1-2-21-10-13(9-19-21)15-11-20(7-8-23-15)16(22)18-12-17(5-6-17)14-3-4-14/h9-10,14-15H,2-8,11-12H2,1H3,(H,18,22)/t15-/m0/s1. The second kappa shape index (κ2) is 5.82. The largest absolute Gasteiger partial charge is 0.370 e. The van der Waals surface area contributed by atoms with Gasteiger partial charge in [-0.15, -0.1) is 0 Å². The number of carbonyl (C=O) groups excluding carboxylic acids is 1. The monoisotopic (exact) mass is 318 g/mol. The number of nitrogens with one attached hydrogen (secondary N) is 1. The number of urea groups is 1. The first kappa shape index (κ1) is 15.0. The van der Waals surface area contributed by atoms with E-state index in [1.165, 1.54) is 25.7 Å². The fraction of sp³-hybridized carbons (Fsp3) is 0.765. The molecule has 23 heavy (non-hydrogen) atoms. The number of aryl methyl sites for hydroxylation is 1. The van der Waals surface area contributed by atoms with Crippen LogP contribution >= 0.6 is 0 Å². The Labute approximate surface area is 137 Å². The van der Waals surface area contributed by atoms with Crippen molar-refractivity contribution in [2.75, 3.05) is 26.2 Å². The summed E-state index contributed by atoms with van der Waals surface area (Å²) in [6.07, 6.45) is 9.10. The van der Waals surface area contributed by atoms with E-state index in [1.54, 1.807) is 0 Å². The van der Waals surface area contributed by atoms with Crippen LogP contribution in [0.1, 0.15) is 44.3 Å². The normalized spacial score (nSPS) is 26.1. The summed E-state index contributed by atoms with van der Waals surface area (Å²) >= 11 is 0. The van der Waals surface area contributed by atoms with E-state index in [2.05, 4.69) is 17.3 Å². The Morgan fingerprint density at radius 3 is 2.96 bits per heavy atom. The van der Waals surface area contributed by atoms with Gasteiger partial charge in [0, 0.05) is 31.4 Å². The SMILES string of the molecule is CCn1cc([C@@H]2CN(C(=O)NCC3(C4CC4)CC3)CCO2)cn1. The molecule has 2 amide bonds. The molecule has 2 heterocycles. The number of morpholine rings is 1.